The van der Waals surface area contributed by atoms with Crippen molar-refractivity contribution in [3.05, 3.63) is 27.7 Å². The Morgan fingerprint density at radius 2 is 2.16 bits per heavy atom. The van der Waals surface area contributed by atoms with Crippen molar-refractivity contribution >= 4 is 16.5 Å². The second kappa shape index (κ2) is 5.52. The molecule has 0 bridgehead atoms. The molecule has 0 aliphatic heterocycles. The number of rotatable bonds is 4. The van der Waals surface area contributed by atoms with E-state index in [1.165, 1.54) is 11.3 Å². The molecule has 2 rings (SSSR count). The molecule has 0 saturated heterocycles. The van der Waals surface area contributed by atoms with Crippen LogP contribution in [0.1, 0.15) is 31.5 Å². The van der Waals surface area contributed by atoms with Gasteiger partial charge in [-0.2, -0.15) is 0 Å². The number of aromatic nitrogens is 3. The molecule has 2 aromatic heterocycles. The molecule has 1 unspecified atom stereocenters. The molecule has 0 spiro atoms. The molecule has 0 aromatic carbocycles. The van der Waals surface area contributed by atoms with Gasteiger partial charge in [-0.1, -0.05) is 18.3 Å². The average Bonchev–Trinajstić information content (AvgIpc) is 2.75. The van der Waals surface area contributed by atoms with Crippen LogP contribution in [0.2, 0.25) is 0 Å². The number of nitrogens with zero attached hydrogens (tertiary/aromatic N) is 2. The minimum atomic E-state index is -0.108. The molecular weight excluding hydrogens is 260 g/mol. The summed E-state index contributed by atoms with van der Waals surface area (Å²) < 4.78 is 0. The van der Waals surface area contributed by atoms with Gasteiger partial charge >= 0.3 is 0 Å². The lowest BCUT2D eigenvalue weighted by Crippen LogP contribution is -2.12. The first-order chi connectivity index (χ1) is 9.01. The fourth-order valence-electron chi connectivity index (χ4n) is 1.81. The van der Waals surface area contributed by atoms with Crippen molar-refractivity contribution in [2.45, 2.75) is 40.2 Å². The van der Waals surface area contributed by atoms with Gasteiger partial charge in [0.05, 0.1) is 5.56 Å². The van der Waals surface area contributed by atoms with Crippen LogP contribution in [0, 0.1) is 13.8 Å². The molecule has 2 heterocycles. The Morgan fingerprint density at radius 3 is 2.79 bits per heavy atom. The molecular formula is C13H18N4OS. The summed E-state index contributed by atoms with van der Waals surface area (Å²) in [6, 6.07) is 2.29. The standard InChI is InChI=1S/C13H18N4OS/c1-5-8(3)15-13-17-16-12(19-13)10-7(2)6-9(4)14-11(10)18/h6,8H,5H2,1-4H3,(H,14,18)(H,15,17). The highest BCUT2D eigenvalue weighted by Crippen LogP contribution is 2.26. The first-order valence-electron chi connectivity index (χ1n) is 6.32. The largest absolute Gasteiger partial charge is 0.358 e. The Kier molecular flexibility index (Phi) is 3.99. The van der Waals surface area contributed by atoms with Crippen molar-refractivity contribution in [2.75, 3.05) is 5.32 Å². The number of hydrogen-bond acceptors (Lipinski definition) is 5. The first-order valence-corrected chi connectivity index (χ1v) is 7.13. The van der Waals surface area contributed by atoms with Crippen LogP contribution >= 0.6 is 11.3 Å². The maximum absolute atomic E-state index is 12.0. The van der Waals surface area contributed by atoms with E-state index in [4.69, 9.17) is 0 Å². The fourth-order valence-corrected chi connectivity index (χ4v) is 2.78. The molecule has 0 radical (unpaired) electrons. The van der Waals surface area contributed by atoms with E-state index < -0.39 is 0 Å². The van der Waals surface area contributed by atoms with E-state index in [-0.39, 0.29) is 5.56 Å². The molecule has 2 aromatic rings. The van der Waals surface area contributed by atoms with E-state index in [0.29, 0.717) is 16.6 Å². The van der Waals surface area contributed by atoms with Crippen LogP contribution in [-0.2, 0) is 0 Å². The monoisotopic (exact) mass is 278 g/mol. The predicted octanol–water partition coefficient (Wildman–Crippen LogP) is 2.72. The molecule has 6 heteroatoms. The van der Waals surface area contributed by atoms with Gasteiger partial charge in [-0.15, -0.1) is 10.2 Å². The summed E-state index contributed by atoms with van der Waals surface area (Å²) in [4.78, 5) is 14.8. The van der Waals surface area contributed by atoms with Crippen molar-refractivity contribution < 1.29 is 0 Å². The molecule has 0 amide bonds. The van der Waals surface area contributed by atoms with Crippen LogP contribution in [0.4, 0.5) is 5.13 Å². The number of hydrogen-bond donors (Lipinski definition) is 2. The zero-order chi connectivity index (χ0) is 14.0. The second-order valence-corrected chi connectivity index (χ2v) is 5.68. The van der Waals surface area contributed by atoms with Crippen molar-refractivity contribution in [3.63, 3.8) is 0 Å². The SMILES string of the molecule is CCC(C)Nc1nnc(-c2c(C)cc(C)[nH]c2=O)s1. The van der Waals surface area contributed by atoms with Crippen molar-refractivity contribution in [2.24, 2.45) is 0 Å². The molecule has 2 N–H and O–H groups in total. The molecule has 0 aliphatic rings. The fraction of sp³-hybridized carbons (Fsp3) is 0.462. The highest BCUT2D eigenvalue weighted by Gasteiger charge is 2.14. The van der Waals surface area contributed by atoms with Crippen LogP contribution < -0.4 is 10.9 Å². The quantitative estimate of drug-likeness (QED) is 0.902. The maximum atomic E-state index is 12.0. The van der Waals surface area contributed by atoms with Gasteiger partial charge in [0.1, 0.15) is 0 Å². The van der Waals surface area contributed by atoms with Crippen molar-refractivity contribution in [1.82, 2.24) is 15.2 Å². The average molecular weight is 278 g/mol. The van der Waals surface area contributed by atoms with Crippen molar-refractivity contribution in [1.29, 1.82) is 0 Å². The Labute approximate surface area is 116 Å². The van der Waals surface area contributed by atoms with E-state index in [1.807, 2.05) is 19.9 Å². The van der Waals surface area contributed by atoms with E-state index in [0.717, 1.165) is 22.8 Å². The van der Waals surface area contributed by atoms with E-state index in [2.05, 4.69) is 34.3 Å². The highest BCUT2D eigenvalue weighted by atomic mass is 32.1. The van der Waals surface area contributed by atoms with Gasteiger partial charge in [0.15, 0.2) is 5.01 Å². The third kappa shape index (κ3) is 3.01. The van der Waals surface area contributed by atoms with Crippen molar-refractivity contribution in [3.8, 4) is 10.6 Å². The van der Waals surface area contributed by atoms with Gasteiger partial charge < -0.3 is 10.3 Å². The Hall–Kier alpha value is -1.69. The van der Waals surface area contributed by atoms with Gasteiger partial charge in [-0.25, -0.2) is 0 Å². The van der Waals surface area contributed by atoms with Crippen LogP contribution in [-0.4, -0.2) is 21.2 Å². The zero-order valence-corrected chi connectivity index (χ0v) is 12.4. The van der Waals surface area contributed by atoms with E-state index in [9.17, 15) is 4.79 Å². The lowest BCUT2D eigenvalue weighted by atomic mass is 10.1. The lowest BCUT2D eigenvalue weighted by Gasteiger charge is -2.07. The summed E-state index contributed by atoms with van der Waals surface area (Å²) in [6.07, 6.45) is 1.01. The van der Waals surface area contributed by atoms with Gasteiger partial charge in [0.25, 0.3) is 5.56 Å². The summed E-state index contributed by atoms with van der Waals surface area (Å²) in [7, 11) is 0. The molecule has 1 atom stereocenters. The molecule has 5 nitrogen and oxygen atoms in total. The predicted molar refractivity (Wildman–Crippen MR) is 78.8 cm³/mol. The summed E-state index contributed by atoms with van der Waals surface area (Å²) in [5.74, 6) is 0. The van der Waals surface area contributed by atoms with Crippen LogP contribution in [0.15, 0.2) is 10.9 Å². The number of aryl methyl sites for hydroxylation is 2. The van der Waals surface area contributed by atoms with E-state index in [1.54, 1.807) is 0 Å². The van der Waals surface area contributed by atoms with Gasteiger partial charge in [0, 0.05) is 11.7 Å². The Balaban J connectivity index is 2.36. The topological polar surface area (TPSA) is 70.7 Å². The first kappa shape index (κ1) is 13.7. The number of nitrogens with one attached hydrogen (secondary N) is 2. The molecule has 0 saturated carbocycles. The summed E-state index contributed by atoms with van der Waals surface area (Å²) in [6.45, 7) is 7.98. The maximum Gasteiger partial charge on any atom is 0.258 e. The second-order valence-electron chi connectivity index (χ2n) is 4.71. The minimum Gasteiger partial charge on any atom is -0.358 e. The Bertz CT molecular complexity index is 632. The normalized spacial score (nSPS) is 12.4. The van der Waals surface area contributed by atoms with Crippen LogP contribution in [0.25, 0.3) is 10.6 Å². The summed E-state index contributed by atoms with van der Waals surface area (Å²) in [5.41, 5.74) is 2.28. The molecule has 0 aliphatic carbocycles. The zero-order valence-electron chi connectivity index (χ0n) is 11.6. The Morgan fingerprint density at radius 1 is 1.42 bits per heavy atom. The third-order valence-electron chi connectivity index (χ3n) is 2.99. The minimum absolute atomic E-state index is 0.108. The molecule has 0 fully saturated rings. The number of aromatic amines is 1. The van der Waals surface area contributed by atoms with Gasteiger partial charge in [-0.05, 0) is 38.8 Å². The van der Waals surface area contributed by atoms with Crippen LogP contribution in [0.3, 0.4) is 0 Å². The van der Waals surface area contributed by atoms with Gasteiger partial charge in [0.2, 0.25) is 5.13 Å². The molecule has 102 valence electrons. The number of pyridine rings is 1. The number of anilines is 1. The summed E-state index contributed by atoms with van der Waals surface area (Å²) in [5, 5.41) is 12.9. The van der Waals surface area contributed by atoms with E-state index >= 15 is 0 Å². The highest BCUT2D eigenvalue weighted by molar-refractivity contribution is 7.18. The van der Waals surface area contributed by atoms with Gasteiger partial charge in [-0.3, -0.25) is 4.79 Å². The molecule has 19 heavy (non-hydrogen) atoms. The number of H-pyrrole nitrogens is 1. The third-order valence-corrected chi connectivity index (χ3v) is 3.86. The summed E-state index contributed by atoms with van der Waals surface area (Å²) >= 11 is 1.41. The van der Waals surface area contributed by atoms with Crippen LogP contribution in [0.5, 0.6) is 0 Å². The lowest BCUT2D eigenvalue weighted by molar-refractivity contribution is 0.760. The smallest absolute Gasteiger partial charge is 0.258 e.